The first-order valence-electron chi connectivity index (χ1n) is 9.21. The molecule has 0 radical (unpaired) electrons. The first-order valence-corrected chi connectivity index (χ1v) is 9.21. The number of carbonyl (C=O) groups is 1. The molecular weight excluding hydrogens is 330 g/mol. The number of carboxylic acids is 1. The number of aliphatic hydroxyl groups excluding tert-OH is 1. The van der Waals surface area contributed by atoms with E-state index in [1.807, 2.05) is 18.2 Å². The van der Waals surface area contributed by atoms with Gasteiger partial charge in [-0.15, -0.1) is 0 Å². The van der Waals surface area contributed by atoms with Crippen molar-refractivity contribution in [2.75, 3.05) is 6.61 Å². The summed E-state index contributed by atoms with van der Waals surface area (Å²) in [5.74, 6) is -0.672. The molecule has 0 spiro atoms. The quantitative estimate of drug-likeness (QED) is 0.779. The number of aromatic nitrogens is 1. The Bertz CT molecular complexity index is 910. The fraction of sp³-hybridized carbons (Fsp3) is 0.429. The van der Waals surface area contributed by atoms with Gasteiger partial charge in [0.15, 0.2) is 0 Å². The molecular formula is C21H25NO4. The molecule has 26 heavy (non-hydrogen) atoms. The van der Waals surface area contributed by atoms with Crippen molar-refractivity contribution in [2.24, 2.45) is 5.92 Å². The van der Waals surface area contributed by atoms with Gasteiger partial charge in [0.1, 0.15) is 5.56 Å². The predicted octanol–water partition coefficient (Wildman–Crippen LogP) is 3.37. The van der Waals surface area contributed by atoms with Gasteiger partial charge in [-0.3, -0.25) is 4.79 Å². The molecule has 3 rings (SSSR count). The summed E-state index contributed by atoms with van der Waals surface area (Å²) in [6.45, 7) is 2.32. The van der Waals surface area contributed by atoms with Crippen LogP contribution in [0.5, 0.6) is 0 Å². The average Bonchev–Trinajstić information content (AvgIpc) is 2.64. The second-order valence-electron chi connectivity index (χ2n) is 7.01. The Balaban J connectivity index is 1.99. The third-order valence-corrected chi connectivity index (χ3v) is 5.25. The molecule has 1 aromatic carbocycles. The van der Waals surface area contributed by atoms with E-state index in [1.165, 1.54) is 11.8 Å². The van der Waals surface area contributed by atoms with Crippen molar-refractivity contribution in [1.29, 1.82) is 0 Å². The van der Waals surface area contributed by atoms with E-state index in [9.17, 15) is 19.8 Å². The van der Waals surface area contributed by atoms with Crippen LogP contribution in [0.4, 0.5) is 0 Å². The van der Waals surface area contributed by atoms with Crippen LogP contribution in [0.15, 0.2) is 40.8 Å². The number of allylic oxidation sites excluding steroid dienone is 2. The van der Waals surface area contributed by atoms with E-state index in [-0.39, 0.29) is 18.7 Å². The highest BCUT2D eigenvalue weighted by molar-refractivity contribution is 5.92. The SMILES string of the molecule is CCC1=CCCC(Cc2ccc3c(c2)c(=O)c(C(=O)O)cn3CCO)C1. The van der Waals surface area contributed by atoms with Gasteiger partial charge in [-0.2, -0.15) is 0 Å². The van der Waals surface area contributed by atoms with Crippen LogP contribution < -0.4 is 5.43 Å². The summed E-state index contributed by atoms with van der Waals surface area (Å²) in [5, 5.41) is 19.0. The van der Waals surface area contributed by atoms with Crippen LogP contribution in [0.1, 0.15) is 48.5 Å². The summed E-state index contributed by atoms with van der Waals surface area (Å²) in [5.41, 5.74) is 2.52. The number of benzene rings is 1. The smallest absolute Gasteiger partial charge is 0.341 e. The van der Waals surface area contributed by atoms with E-state index in [0.717, 1.165) is 37.7 Å². The molecule has 1 atom stereocenters. The maximum Gasteiger partial charge on any atom is 0.341 e. The number of pyridine rings is 1. The van der Waals surface area contributed by atoms with E-state index >= 15 is 0 Å². The lowest BCUT2D eigenvalue weighted by Crippen LogP contribution is -2.20. The maximum atomic E-state index is 12.6. The zero-order chi connectivity index (χ0) is 18.7. The van der Waals surface area contributed by atoms with Crippen LogP contribution >= 0.6 is 0 Å². The monoisotopic (exact) mass is 355 g/mol. The van der Waals surface area contributed by atoms with Crippen LogP contribution in [0.2, 0.25) is 0 Å². The van der Waals surface area contributed by atoms with Crippen LogP contribution in [-0.2, 0) is 13.0 Å². The molecule has 2 N–H and O–H groups in total. The van der Waals surface area contributed by atoms with Gasteiger partial charge in [-0.05, 0) is 55.7 Å². The normalized spacial score (nSPS) is 17.3. The summed E-state index contributed by atoms with van der Waals surface area (Å²) < 4.78 is 1.64. The number of rotatable bonds is 6. The lowest BCUT2D eigenvalue weighted by atomic mass is 9.83. The number of nitrogens with zero attached hydrogens (tertiary/aromatic N) is 1. The van der Waals surface area contributed by atoms with Crippen molar-refractivity contribution in [3.63, 3.8) is 0 Å². The summed E-state index contributed by atoms with van der Waals surface area (Å²) >= 11 is 0. The number of aliphatic hydroxyl groups is 1. The Morgan fingerprint density at radius 3 is 2.85 bits per heavy atom. The number of hydrogen-bond acceptors (Lipinski definition) is 3. The van der Waals surface area contributed by atoms with Crippen LogP contribution in [0, 0.1) is 5.92 Å². The van der Waals surface area contributed by atoms with Crippen molar-refractivity contribution in [1.82, 2.24) is 4.57 Å². The van der Waals surface area contributed by atoms with Gasteiger partial charge in [0.25, 0.3) is 0 Å². The Morgan fingerprint density at radius 1 is 1.35 bits per heavy atom. The van der Waals surface area contributed by atoms with Crippen molar-refractivity contribution in [2.45, 2.75) is 45.6 Å². The summed E-state index contributed by atoms with van der Waals surface area (Å²) in [7, 11) is 0. The summed E-state index contributed by atoms with van der Waals surface area (Å²) in [6.07, 6.45) is 8.98. The maximum absolute atomic E-state index is 12.6. The van der Waals surface area contributed by atoms with Crippen molar-refractivity contribution >= 4 is 16.9 Å². The number of fused-ring (bicyclic) bond motifs is 1. The Morgan fingerprint density at radius 2 is 2.15 bits per heavy atom. The minimum absolute atomic E-state index is 0.118. The van der Waals surface area contributed by atoms with Crippen LogP contribution in [-0.4, -0.2) is 27.4 Å². The van der Waals surface area contributed by atoms with Gasteiger partial charge in [0, 0.05) is 18.1 Å². The molecule has 0 amide bonds. The van der Waals surface area contributed by atoms with Crippen LogP contribution in [0.3, 0.4) is 0 Å². The molecule has 0 bridgehead atoms. The molecule has 138 valence electrons. The lowest BCUT2D eigenvalue weighted by Gasteiger charge is -2.22. The average molecular weight is 355 g/mol. The number of hydrogen-bond donors (Lipinski definition) is 2. The first kappa shape index (κ1) is 18.4. The van der Waals surface area contributed by atoms with Crippen molar-refractivity contribution in [3.8, 4) is 0 Å². The largest absolute Gasteiger partial charge is 0.477 e. The molecule has 0 aliphatic heterocycles. The molecule has 1 heterocycles. The van der Waals surface area contributed by atoms with Gasteiger partial charge in [0.05, 0.1) is 12.1 Å². The highest BCUT2D eigenvalue weighted by Gasteiger charge is 2.18. The molecule has 0 saturated carbocycles. The van der Waals surface area contributed by atoms with E-state index < -0.39 is 11.4 Å². The third kappa shape index (κ3) is 3.73. The topological polar surface area (TPSA) is 79.5 Å². The molecule has 1 unspecified atom stereocenters. The second-order valence-corrected chi connectivity index (χ2v) is 7.01. The van der Waals surface area contributed by atoms with Crippen molar-refractivity contribution < 1.29 is 15.0 Å². The molecule has 5 nitrogen and oxygen atoms in total. The Kier molecular flexibility index (Phi) is 5.57. The summed E-state index contributed by atoms with van der Waals surface area (Å²) in [4.78, 5) is 24.0. The third-order valence-electron chi connectivity index (χ3n) is 5.25. The minimum Gasteiger partial charge on any atom is -0.477 e. The number of aromatic carboxylic acids is 1. The molecule has 0 fully saturated rings. The first-order chi connectivity index (χ1) is 12.5. The fourth-order valence-electron chi connectivity index (χ4n) is 3.89. The van der Waals surface area contributed by atoms with E-state index in [1.54, 1.807) is 4.57 Å². The standard InChI is InChI=1S/C21H25NO4/c1-2-14-4-3-5-15(10-14)11-16-6-7-19-17(12-16)20(24)18(21(25)26)13-22(19)8-9-23/h4,6-7,12-13,15,23H,2-3,5,8-11H2,1H3,(H,25,26). The highest BCUT2D eigenvalue weighted by atomic mass is 16.4. The summed E-state index contributed by atoms with van der Waals surface area (Å²) in [6, 6.07) is 5.72. The van der Waals surface area contributed by atoms with Gasteiger partial charge >= 0.3 is 5.97 Å². The van der Waals surface area contributed by atoms with Crippen LogP contribution in [0.25, 0.3) is 10.9 Å². The number of carboxylic acid groups (broad SMARTS) is 1. The fourth-order valence-corrected chi connectivity index (χ4v) is 3.89. The van der Waals surface area contributed by atoms with Gasteiger partial charge < -0.3 is 14.8 Å². The second kappa shape index (κ2) is 7.87. The molecule has 0 saturated heterocycles. The van der Waals surface area contributed by atoms with Gasteiger partial charge in [-0.25, -0.2) is 4.79 Å². The molecule has 1 aliphatic rings. The van der Waals surface area contributed by atoms with E-state index in [4.69, 9.17) is 0 Å². The van der Waals surface area contributed by atoms with E-state index in [2.05, 4.69) is 13.0 Å². The molecule has 1 aromatic heterocycles. The molecule has 2 aromatic rings. The molecule has 5 heteroatoms. The Labute approximate surface area is 152 Å². The minimum atomic E-state index is -1.24. The zero-order valence-corrected chi connectivity index (χ0v) is 15.1. The predicted molar refractivity (Wildman–Crippen MR) is 102 cm³/mol. The van der Waals surface area contributed by atoms with E-state index in [0.29, 0.717) is 16.8 Å². The van der Waals surface area contributed by atoms with Gasteiger partial charge in [-0.1, -0.05) is 24.6 Å². The highest BCUT2D eigenvalue weighted by Crippen LogP contribution is 2.29. The Hall–Kier alpha value is -2.40. The zero-order valence-electron chi connectivity index (χ0n) is 15.1. The lowest BCUT2D eigenvalue weighted by molar-refractivity contribution is 0.0694. The van der Waals surface area contributed by atoms with Gasteiger partial charge in [0.2, 0.25) is 5.43 Å². The van der Waals surface area contributed by atoms with Crippen molar-refractivity contribution in [3.05, 3.63) is 57.4 Å². The molecule has 1 aliphatic carbocycles.